The Hall–Kier alpha value is -5.42. The molecule has 0 aliphatic heterocycles. The molecule has 0 saturated carbocycles. The topological polar surface area (TPSA) is 7.76 Å². The van der Waals surface area contributed by atoms with Crippen LogP contribution in [-0.2, 0) is 14.1 Å². The normalized spacial score (nSPS) is 15.5. The molecule has 0 unspecified atom stereocenters. The predicted octanol–water partition coefficient (Wildman–Crippen LogP) is 9.42. The summed E-state index contributed by atoms with van der Waals surface area (Å²) in [6, 6.07) is 26.6. The molecule has 2 aromatic carbocycles. The number of benzene rings is 2. The van der Waals surface area contributed by atoms with Gasteiger partial charge in [0.15, 0.2) is 24.8 Å². The summed E-state index contributed by atoms with van der Waals surface area (Å²) in [6.07, 6.45) is 6.95. The highest BCUT2D eigenvalue weighted by molar-refractivity contribution is 7.16. The summed E-state index contributed by atoms with van der Waals surface area (Å²) in [6.45, 7) is 0. The van der Waals surface area contributed by atoms with Crippen LogP contribution >= 0.6 is 22.7 Å². The molecular formula is C41H26F6N2S2+2. The molecule has 0 amide bonds. The number of pyridine rings is 2. The molecule has 0 fully saturated rings. The maximum absolute atomic E-state index is 16.3. The number of alkyl halides is 6. The number of nitrogens with zero attached hydrogens (tertiary/aromatic N) is 2. The first-order valence-electron chi connectivity index (χ1n) is 15.6. The van der Waals surface area contributed by atoms with Crippen LogP contribution in [0.3, 0.4) is 0 Å². The zero-order valence-electron chi connectivity index (χ0n) is 27.0. The van der Waals surface area contributed by atoms with E-state index in [2.05, 4.69) is 23.7 Å². The lowest BCUT2D eigenvalue weighted by molar-refractivity contribution is -0.671. The van der Waals surface area contributed by atoms with Gasteiger partial charge >= 0.3 is 17.8 Å². The van der Waals surface area contributed by atoms with E-state index < -0.39 is 40.0 Å². The van der Waals surface area contributed by atoms with Crippen LogP contribution in [0.15, 0.2) is 122 Å². The molecular weight excluding hydrogens is 699 g/mol. The van der Waals surface area contributed by atoms with E-state index in [0.29, 0.717) is 32.0 Å². The zero-order chi connectivity index (χ0) is 36.0. The molecule has 0 spiro atoms. The lowest BCUT2D eigenvalue weighted by Crippen LogP contribution is -2.48. The second kappa shape index (κ2) is 13.0. The predicted molar refractivity (Wildman–Crippen MR) is 188 cm³/mol. The van der Waals surface area contributed by atoms with Gasteiger partial charge in [0.1, 0.15) is 14.1 Å². The summed E-state index contributed by atoms with van der Waals surface area (Å²) >= 11 is 1.94. The molecule has 4 aromatic heterocycles. The summed E-state index contributed by atoms with van der Waals surface area (Å²) in [5.41, 5.74) is -1.66. The van der Waals surface area contributed by atoms with Crippen molar-refractivity contribution in [3.05, 3.63) is 154 Å². The highest BCUT2D eigenvalue weighted by atomic mass is 32.1. The van der Waals surface area contributed by atoms with Crippen molar-refractivity contribution in [1.29, 1.82) is 0 Å². The first-order valence-corrected chi connectivity index (χ1v) is 17.2. The number of aromatic nitrogens is 2. The smallest absolute Gasteiger partial charge is 0.208 e. The SMILES string of the molecule is C[n+]1ccc(C#Cc2sc(-c3ccccc3)cc2C2=C(c3cc(-c4ccccc4)sc3C#Cc3cc[n+](C)cc3)C(F)(F)C(F)(F)C2(F)F)cc1. The van der Waals surface area contributed by atoms with Gasteiger partial charge in [0.05, 0.1) is 9.75 Å². The fraction of sp³-hybridized carbons (Fsp3) is 0.122. The van der Waals surface area contributed by atoms with Crippen LogP contribution in [0.25, 0.3) is 32.0 Å². The third-order valence-corrected chi connectivity index (χ3v) is 10.6. The van der Waals surface area contributed by atoms with Gasteiger partial charge in [-0.05, 0) is 23.3 Å². The number of rotatable bonds is 4. The molecule has 0 radical (unpaired) electrons. The molecule has 252 valence electrons. The van der Waals surface area contributed by atoms with E-state index in [1.54, 1.807) is 119 Å². The fourth-order valence-corrected chi connectivity index (χ4v) is 7.74. The van der Waals surface area contributed by atoms with Crippen molar-refractivity contribution in [1.82, 2.24) is 0 Å². The van der Waals surface area contributed by atoms with Crippen molar-refractivity contribution in [2.45, 2.75) is 17.8 Å². The summed E-state index contributed by atoms with van der Waals surface area (Å²) in [4.78, 5) is 0.711. The molecule has 0 saturated heterocycles. The number of halogens is 6. The Balaban J connectivity index is 1.53. The van der Waals surface area contributed by atoms with Gasteiger partial charge in [0.25, 0.3) is 0 Å². The number of allylic oxidation sites excluding steroid dienone is 2. The minimum atomic E-state index is -5.76. The second-order valence-electron chi connectivity index (χ2n) is 11.9. The van der Waals surface area contributed by atoms with Crippen LogP contribution in [0.2, 0.25) is 0 Å². The molecule has 0 N–H and O–H groups in total. The van der Waals surface area contributed by atoms with Gasteiger partial charge in [-0.3, -0.25) is 0 Å². The van der Waals surface area contributed by atoms with Crippen LogP contribution < -0.4 is 9.13 Å². The molecule has 10 heteroatoms. The van der Waals surface area contributed by atoms with Crippen LogP contribution in [0, 0.1) is 23.7 Å². The first kappa shape index (κ1) is 34.0. The first-order chi connectivity index (χ1) is 24.4. The highest BCUT2D eigenvalue weighted by Crippen LogP contribution is 2.66. The molecule has 1 aliphatic rings. The Kier molecular flexibility index (Phi) is 8.71. The highest BCUT2D eigenvalue weighted by Gasteiger charge is 2.80. The molecule has 6 aromatic rings. The molecule has 2 nitrogen and oxygen atoms in total. The maximum Gasteiger partial charge on any atom is 0.380 e. The molecule has 4 heterocycles. The van der Waals surface area contributed by atoms with Crippen molar-refractivity contribution < 1.29 is 35.5 Å². The quantitative estimate of drug-likeness (QED) is 0.0973. The fourth-order valence-electron chi connectivity index (χ4n) is 5.69. The molecule has 0 bridgehead atoms. The Morgan fingerprint density at radius 1 is 0.490 bits per heavy atom. The Labute approximate surface area is 298 Å². The average Bonchev–Trinajstić information content (AvgIpc) is 3.77. The van der Waals surface area contributed by atoms with Gasteiger partial charge in [-0.1, -0.05) is 84.3 Å². The van der Waals surface area contributed by atoms with Crippen LogP contribution in [-0.4, -0.2) is 17.8 Å². The zero-order valence-corrected chi connectivity index (χ0v) is 28.7. The van der Waals surface area contributed by atoms with Crippen LogP contribution in [0.1, 0.15) is 32.0 Å². The Morgan fingerprint density at radius 2 is 0.843 bits per heavy atom. The van der Waals surface area contributed by atoms with E-state index in [1.165, 1.54) is 12.1 Å². The van der Waals surface area contributed by atoms with Gasteiger partial charge in [-0.15, -0.1) is 22.7 Å². The van der Waals surface area contributed by atoms with Crippen molar-refractivity contribution in [3.63, 3.8) is 0 Å². The number of hydrogen-bond donors (Lipinski definition) is 0. The molecule has 1 aliphatic carbocycles. The summed E-state index contributed by atoms with van der Waals surface area (Å²) in [5, 5.41) is 0. The average molecular weight is 725 g/mol. The van der Waals surface area contributed by atoms with E-state index >= 15 is 26.3 Å². The van der Waals surface area contributed by atoms with Gasteiger partial charge in [-0.25, -0.2) is 9.13 Å². The molecule has 0 atom stereocenters. The molecule has 51 heavy (non-hydrogen) atoms. The van der Waals surface area contributed by atoms with Gasteiger partial charge in [0, 0.05) is 67.4 Å². The van der Waals surface area contributed by atoms with E-state index in [0.717, 1.165) is 22.7 Å². The van der Waals surface area contributed by atoms with E-state index in [-0.39, 0.29) is 9.75 Å². The third kappa shape index (κ3) is 6.16. The third-order valence-electron chi connectivity index (χ3n) is 8.38. The van der Waals surface area contributed by atoms with Gasteiger partial charge in [0.2, 0.25) is 0 Å². The van der Waals surface area contributed by atoms with Crippen LogP contribution in [0.4, 0.5) is 26.3 Å². The van der Waals surface area contributed by atoms with Gasteiger partial charge < -0.3 is 0 Å². The second-order valence-corrected chi connectivity index (χ2v) is 14.0. The van der Waals surface area contributed by atoms with E-state index in [4.69, 9.17) is 0 Å². The Bertz CT molecular complexity index is 2240. The standard InChI is InChI=1S/C41H26F6N2S2/c1-48-21-17-27(18-22-48)13-15-33-31(25-35(50-33)29-9-5-3-6-10-29)37-38(40(44,45)41(46,47)39(37,42)43)32-26-36(30-11-7-4-8-12-30)51-34(32)16-14-28-19-23-49(2)24-20-28/h3-12,17-26H,1-2H3/q+2. The van der Waals surface area contributed by atoms with Crippen molar-refractivity contribution >= 4 is 33.8 Å². The lowest BCUT2D eigenvalue weighted by Gasteiger charge is -2.25. The summed E-state index contributed by atoms with van der Waals surface area (Å²) in [5.74, 6) is -4.79. The van der Waals surface area contributed by atoms with E-state index in [9.17, 15) is 0 Å². The number of aryl methyl sites for hydroxylation is 2. The molecule has 7 rings (SSSR count). The number of hydrogen-bond acceptors (Lipinski definition) is 2. The van der Waals surface area contributed by atoms with Crippen molar-refractivity contribution in [3.8, 4) is 44.6 Å². The summed E-state index contributed by atoms with van der Waals surface area (Å²) in [7, 11) is 3.62. The minimum absolute atomic E-state index is 0.0499. The van der Waals surface area contributed by atoms with Crippen LogP contribution in [0.5, 0.6) is 0 Å². The van der Waals surface area contributed by atoms with E-state index in [1.807, 2.05) is 14.1 Å². The maximum atomic E-state index is 16.3. The monoisotopic (exact) mass is 724 g/mol. The van der Waals surface area contributed by atoms with Crippen molar-refractivity contribution in [2.24, 2.45) is 14.1 Å². The van der Waals surface area contributed by atoms with Gasteiger partial charge in [-0.2, -0.15) is 26.3 Å². The van der Waals surface area contributed by atoms with Crippen molar-refractivity contribution in [2.75, 3.05) is 0 Å². The number of thiophene rings is 2. The lowest BCUT2D eigenvalue weighted by atomic mass is 9.94. The Morgan fingerprint density at radius 3 is 1.20 bits per heavy atom. The summed E-state index contributed by atoms with van der Waals surface area (Å²) < 4.78 is 100. The minimum Gasteiger partial charge on any atom is -0.208 e. The largest absolute Gasteiger partial charge is 0.380 e.